The summed E-state index contributed by atoms with van der Waals surface area (Å²) in [6, 6.07) is 19.5. The number of hydrogen-bond acceptors (Lipinski definition) is 4. The fourth-order valence-corrected chi connectivity index (χ4v) is 4.15. The molecule has 0 spiro atoms. The predicted molar refractivity (Wildman–Crippen MR) is 115 cm³/mol. The molecule has 3 nitrogen and oxygen atoms in total. The first kappa shape index (κ1) is 19.3. The molecule has 3 aromatic rings. The van der Waals surface area contributed by atoms with Gasteiger partial charge in [0.1, 0.15) is 0 Å². The van der Waals surface area contributed by atoms with Crippen LogP contribution in [0.25, 0.3) is 0 Å². The van der Waals surface area contributed by atoms with Gasteiger partial charge < -0.3 is 0 Å². The van der Waals surface area contributed by atoms with Gasteiger partial charge in [-0.15, -0.1) is 0 Å². The van der Waals surface area contributed by atoms with Gasteiger partial charge in [0, 0.05) is 32.7 Å². The average molecular weight is 400 g/mol. The zero-order chi connectivity index (χ0) is 20.8. The SMILES string of the molecule is CC(C)(C)c1ccc(SC(=O)c2ccc3c(c2)C(=O)c2ccccc2C3=O)cc1. The third-order valence-corrected chi connectivity index (χ3v) is 6.02. The molecule has 0 saturated heterocycles. The molecule has 0 unspecified atom stereocenters. The van der Waals surface area contributed by atoms with Crippen molar-refractivity contribution in [2.24, 2.45) is 0 Å². The Labute approximate surface area is 174 Å². The van der Waals surface area contributed by atoms with Crippen LogP contribution in [-0.2, 0) is 5.41 Å². The first-order chi connectivity index (χ1) is 13.8. The molecule has 0 aromatic heterocycles. The van der Waals surface area contributed by atoms with Gasteiger partial charge in [-0.25, -0.2) is 0 Å². The Morgan fingerprint density at radius 3 is 1.86 bits per heavy atom. The molecule has 0 fully saturated rings. The summed E-state index contributed by atoms with van der Waals surface area (Å²) in [4.78, 5) is 39.2. The first-order valence-corrected chi connectivity index (χ1v) is 10.2. The number of carbonyl (C=O) groups excluding carboxylic acids is 3. The smallest absolute Gasteiger partial charge is 0.224 e. The van der Waals surface area contributed by atoms with Crippen LogP contribution in [0.2, 0.25) is 0 Å². The lowest BCUT2D eigenvalue weighted by atomic mass is 9.83. The lowest BCUT2D eigenvalue weighted by Gasteiger charge is -2.19. The minimum atomic E-state index is -0.218. The van der Waals surface area contributed by atoms with Gasteiger partial charge in [0.25, 0.3) is 0 Å². The summed E-state index contributed by atoms with van der Waals surface area (Å²) in [7, 11) is 0. The number of fused-ring (bicyclic) bond motifs is 2. The number of carbonyl (C=O) groups is 3. The third-order valence-electron chi connectivity index (χ3n) is 5.09. The summed E-state index contributed by atoms with van der Waals surface area (Å²) >= 11 is 1.12. The number of ketones is 2. The molecule has 144 valence electrons. The summed E-state index contributed by atoms with van der Waals surface area (Å²) in [5, 5.41) is -0.157. The van der Waals surface area contributed by atoms with E-state index in [1.165, 1.54) is 5.56 Å². The minimum Gasteiger partial charge on any atom is -0.289 e. The molecule has 0 aliphatic heterocycles. The van der Waals surface area contributed by atoms with Gasteiger partial charge in [0.2, 0.25) is 5.12 Å². The highest BCUT2D eigenvalue weighted by Crippen LogP contribution is 2.31. The lowest BCUT2D eigenvalue weighted by molar-refractivity contribution is 0.0978. The summed E-state index contributed by atoms with van der Waals surface area (Å²) < 4.78 is 0. The number of hydrogen-bond donors (Lipinski definition) is 0. The molecule has 0 amide bonds. The molecule has 1 aliphatic rings. The van der Waals surface area contributed by atoms with Crippen molar-refractivity contribution in [3.05, 3.63) is 100 Å². The monoisotopic (exact) mass is 400 g/mol. The molecule has 0 bridgehead atoms. The summed E-state index contributed by atoms with van der Waals surface area (Å²) in [6.45, 7) is 6.43. The van der Waals surface area contributed by atoms with Crippen LogP contribution >= 0.6 is 11.8 Å². The van der Waals surface area contributed by atoms with Crippen molar-refractivity contribution in [1.82, 2.24) is 0 Å². The van der Waals surface area contributed by atoms with Crippen LogP contribution in [0.1, 0.15) is 68.5 Å². The fraction of sp³-hybridized carbons (Fsp3) is 0.160. The Morgan fingerprint density at radius 1 is 0.724 bits per heavy atom. The summed E-state index contributed by atoms with van der Waals surface area (Å²) in [5.41, 5.74) is 3.11. The molecule has 0 N–H and O–H groups in total. The maximum atomic E-state index is 12.8. The topological polar surface area (TPSA) is 51.2 Å². The molecular formula is C25H20O3S. The second-order valence-corrected chi connectivity index (χ2v) is 9.17. The Kier molecular flexibility index (Phi) is 4.75. The Morgan fingerprint density at radius 2 is 1.28 bits per heavy atom. The van der Waals surface area contributed by atoms with E-state index in [0.717, 1.165) is 16.7 Å². The lowest BCUT2D eigenvalue weighted by Crippen LogP contribution is -2.21. The normalized spacial score (nSPS) is 13.1. The van der Waals surface area contributed by atoms with Crippen molar-refractivity contribution in [3.63, 3.8) is 0 Å². The van der Waals surface area contributed by atoms with Gasteiger partial charge in [-0.05, 0) is 53.1 Å². The zero-order valence-electron chi connectivity index (χ0n) is 16.5. The molecule has 0 atom stereocenters. The molecule has 4 heteroatoms. The molecule has 4 rings (SSSR count). The largest absolute Gasteiger partial charge is 0.289 e. The quantitative estimate of drug-likeness (QED) is 0.406. The summed E-state index contributed by atoms with van der Waals surface area (Å²) in [6.07, 6.45) is 0. The summed E-state index contributed by atoms with van der Waals surface area (Å²) in [5.74, 6) is -0.399. The highest BCUT2D eigenvalue weighted by atomic mass is 32.2. The molecule has 3 aromatic carbocycles. The van der Waals surface area contributed by atoms with Gasteiger partial charge in [0.05, 0.1) is 0 Å². The molecule has 0 radical (unpaired) electrons. The van der Waals surface area contributed by atoms with Gasteiger partial charge in [-0.2, -0.15) is 0 Å². The number of rotatable bonds is 2. The van der Waals surface area contributed by atoms with Gasteiger partial charge in [-0.1, -0.05) is 57.2 Å². The molecule has 0 heterocycles. The maximum absolute atomic E-state index is 12.8. The Bertz CT molecular complexity index is 1150. The van der Waals surface area contributed by atoms with E-state index in [4.69, 9.17) is 0 Å². The van der Waals surface area contributed by atoms with Crippen LogP contribution < -0.4 is 0 Å². The van der Waals surface area contributed by atoms with Gasteiger partial charge in [-0.3, -0.25) is 14.4 Å². The van der Waals surface area contributed by atoms with Crippen molar-refractivity contribution in [1.29, 1.82) is 0 Å². The van der Waals surface area contributed by atoms with Crippen molar-refractivity contribution in [2.75, 3.05) is 0 Å². The second kappa shape index (κ2) is 7.12. The van der Waals surface area contributed by atoms with Gasteiger partial charge in [0.15, 0.2) is 11.6 Å². The second-order valence-electron chi connectivity index (χ2n) is 8.13. The van der Waals surface area contributed by atoms with E-state index in [2.05, 4.69) is 20.8 Å². The van der Waals surface area contributed by atoms with Crippen LogP contribution in [0.15, 0.2) is 71.6 Å². The van der Waals surface area contributed by atoms with Gasteiger partial charge >= 0.3 is 0 Å². The maximum Gasteiger partial charge on any atom is 0.224 e. The first-order valence-electron chi connectivity index (χ1n) is 9.41. The van der Waals surface area contributed by atoms with Crippen LogP contribution in [0.5, 0.6) is 0 Å². The van der Waals surface area contributed by atoms with E-state index in [1.54, 1.807) is 42.5 Å². The Balaban J connectivity index is 1.61. The van der Waals surface area contributed by atoms with Crippen LogP contribution in [0.4, 0.5) is 0 Å². The molecule has 29 heavy (non-hydrogen) atoms. The number of thioether (sulfide) groups is 1. The van der Waals surface area contributed by atoms with E-state index in [-0.39, 0.29) is 22.1 Å². The van der Waals surface area contributed by atoms with E-state index >= 15 is 0 Å². The molecular weight excluding hydrogens is 380 g/mol. The van der Waals surface area contributed by atoms with E-state index in [9.17, 15) is 14.4 Å². The fourth-order valence-electron chi connectivity index (χ4n) is 3.42. The molecule has 1 aliphatic carbocycles. The highest BCUT2D eigenvalue weighted by Gasteiger charge is 2.30. The molecule has 0 saturated carbocycles. The van der Waals surface area contributed by atoms with Crippen molar-refractivity contribution in [3.8, 4) is 0 Å². The van der Waals surface area contributed by atoms with Crippen molar-refractivity contribution >= 4 is 28.4 Å². The average Bonchev–Trinajstić information content (AvgIpc) is 2.71. The van der Waals surface area contributed by atoms with Crippen LogP contribution in [-0.4, -0.2) is 16.7 Å². The van der Waals surface area contributed by atoms with E-state index in [1.807, 2.05) is 24.3 Å². The number of benzene rings is 3. The van der Waals surface area contributed by atoms with E-state index < -0.39 is 0 Å². The zero-order valence-corrected chi connectivity index (χ0v) is 17.3. The van der Waals surface area contributed by atoms with Crippen LogP contribution in [0, 0.1) is 0 Å². The highest BCUT2D eigenvalue weighted by molar-refractivity contribution is 8.14. The third kappa shape index (κ3) is 3.56. The minimum absolute atomic E-state index is 0.0505. The van der Waals surface area contributed by atoms with Crippen LogP contribution in [0.3, 0.4) is 0 Å². The standard InChI is InChI=1S/C25H20O3S/c1-25(2,3)16-9-11-17(12-10-16)29-24(28)15-8-13-20-21(14-15)23(27)19-7-5-4-6-18(19)22(20)26/h4-14H,1-3H3. The Hall–Kier alpha value is -2.98. The van der Waals surface area contributed by atoms with E-state index in [0.29, 0.717) is 27.8 Å². The predicted octanol–water partition coefficient (Wildman–Crippen LogP) is 5.69. The van der Waals surface area contributed by atoms with Crippen molar-refractivity contribution < 1.29 is 14.4 Å². The van der Waals surface area contributed by atoms with Crippen molar-refractivity contribution in [2.45, 2.75) is 31.1 Å².